The Morgan fingerprint density at radius 2 is 2.08 bits per heavy atom. The van der Waals surface area contributed by atoms with Crippen molar-refractivity contribution < 1.29 is 0 Å². The summed E-state index contributed by atoms with van der Waals surface area (Å²) in [5.41, 5.74) is 1.11. The van der Waals surface area contributed by atoms with E-state index in [0.29, 0.717) is 6.04 Å². The molecule has 1 saturated heterocycles. The quantitative estimate of drug-likeness (QED) is 0.587. The van der Waals surface area contributed by atoms with Gasteiger partial charge in [-0.3, -0.25) is 0 Å². The van der Waals surface area contributed by atoms with Gasteiger partial charge in [0.25, 0.3) is 0 Å². The van der Waals surface area contributed by atoms with Gasteiger partial charge in [-0.15, -0.1) is 0 Å². The zero-order valence-corrected chi connectivity index (χ0v) is 7.59. The van der Waals surface area contributed by atoms with E-state index in [0.717, 1.165) is 12.1 Å². The Morgan fingerprint density at radius 3 is 2.77 bits per heavy atom. The molecule has 1 aromatic rings. The molecule has 1 atom stereocenters. The van der Waals surface area contributed by atoms with Gasteiger partial charge in [-0.2, -0.15) is 0 Å². The van der Waals surface area contributed by atoms with Crippen molar-refractivity contribution in [2.45, 2.75) is 18.9 Å². The summed E-state index contributed by atoms with van der Waals surface area (Å²) in [5, 5.41) is 3.35. The van der Waals surface area contributed by atoms with E-state index in [4.69, 9.17) is 0 Å². The average Bonchev–Trinajstić information content (AvgIpc) is 2.69. The van der Waals surface area contributed by atoms with E-state index in [-0.39, 0.29) is 0 Å². The first-order valence-corrected chi connectivity index (χ1v) is 4.75. The van der Waals surface area contributed by atoms with Gasteiger partial charge < -0.3 is 5.32 Å². The first-order chi connectivity index (χ1) is 6.45. The molecule has 0 spiro atoms. The van der Waals surface area contributed by atoms with Gasteiger partial charge in [0.15, 0.2) is 0 Å². The van der Waals surface area contributed by atoms with Crippen LogP contribution in [0.25, 0.3) is 0 Å². The van der Waals surface area contributed by atoms with Gasteiger partial charge in [-0.05, 0) is 31.5 Å². The van der Waals surface area contributed by atoms with Crippen LogP contribution < -0.4 is 5.32 Å². The molecule has 1 aliphatic heterocycles. The molecule has 0 radical (unpaired) electrons. The van der Waals surface area contributed by atoms with Gasteiger partial charge >= 0.3 is 0 Å². The van der Waals surface area contributed by atoms with E-state index in [1.807, 2.05) is 30.3 Å². The molecule has 2 rings (SSSR count). The van der Waals surface area contributed by atoms with Gasteiger partial charge in [0.1, 0.15) is 0 Å². The monoisotopic (exact) mass is 171 g/mol. The van der Waals surface area contributed by atoms with Gasteiger partial charge in [0.2, 0.25) is 0 Å². The van der Waals surface area contributed by atoms with Crippen LogP contribution in [-0.4, -0.2) is 12.6 Å². The standard InChI is InChI=1S/C12H13N/c1-2-5-11(6-3-1)8-9-12-7-4-10-13-12/h1-3,5-6,12-13H,4,7,10H2. The summed E-state index contributed by atoms with van der Waals surface area (Å²) < 4.78 is 0. The fourth-order valence-electron chi connectivity index (χ4n) is 1.50. The Kier molecular flexibility index (Phi) is 2.64. The fraction of sp³-hybridized carbons (Fsp3) is 0.333. The summed E-state index contributed by atoms with van der Waals surface area (Å²) in [7, 11) is 0. The molecule has 0 bridgehead atoms. The maximum Gasteiger partial charge on any atom is 0.0693 e. The van der Waals surface area contributed by atoms with Crippen LogP contribution in [0.4, 0.5) is 0 Å². The molecule has 1 heterocycles. The van der Waals surface area contributed by atoms with Crippen molar-refractivity contribution in [3.63, 3.8) is 0 Å². The van der Waals surface area contributed by atoms with Gasteiger partial charge in [0.05, 0.1) is 6.04 Å². The van der Waals surface area contributed by atoms with Crippen LogP contribution in [-0.2, 0) is 0 Å². The Hall–Kier alpha value is -1.26. The number of rotatable bonds is 0. The molecule has 1 fully saturated rings. The molecule has 1 N–H and O–H groups in total. The van der Waals surface area contributed by atoms with E-state index < -0.39 is 0 Å². The molecule has 1 heteroatoms. The van der Waals surface area contributed by atoms with Crippen molar-refractivity contribution >= 4 is 0 Å². The minimum absolute atomic E-state index is 0.417. The van der Waals surface area contributed by atoms with Crippen molar-refractivity contribution in [1.29, 1.82) is 0 Å². The fourth-order valence-corrected chi connectivity index (χ4v) is 1.50. The van der Waals surface area contributed by atoms with E-state index in [2.05, 4.69) is 17.2 Å². The zero-order valence-electron chi connectivity index (χ0n) is 7.59. The first kappa shape index (κ1) is 8.34. The van der Waals surface area contributed by atoms with Gasteiger partial charge in [-0.25, -0.2) is 0 Å². The Bertz CT molecular complexity index is 312. The Labute approximate surface area is 79.2 Å². The maximum absolute atomic E-state index is 3.35. The summed E-state index contributed by atoms with van der Waals surface area (Å²) in [6, 6.07) is 10.6. The molecule has 1 aromatic carbocycles. The van der Waals surface area contributed by atoms with E-state index in [1.165, 1.54) is 12.8 Å². The largest absolute Gasteiger partial charge is 0.304 e. The van der Waals surface area contributed by atoms with Crippen LogP contribution >= 0.6 is 0 Å². The lowest BCUT2D eigenvalue weighted by Crippen LogP contribution is -2.18. The summed E-state index contributed by atoms with van der Waals surface area (Å²) in [5.74, 6) is 6.41. The molecule has 0 aliphatic carbocycles. The SMILES string of the molecule is C(#CC1CCCN1)c1ccccc1. The number of nitrogens with one attached hydrogen (secondary N) is 1. The average molecular weight is 171 g/mol. The predicted molar refractivity (Wildman–Crippen MR) is 54.3 cm³/mol. The lowest BCUT2D eigenvalue weighted by Gasteiger charge is -1.97. The second-order valence-electron chi connectivity index (χ2n) is 3.28. The molecule has 1 aliphatic rings. The second kappa shape index (κ2) is 4.11. The van der Waals surface area contributed by atoms with E-state index in [9.17, 15) is 0 Å². The third kappa shape index (κ3) is 2.34. The Morgan fingerprint density at radius 1 is 1.23 bits per heavy atom. The highest BCUT2D eigenvalue weighted by Gasteiger charge is 2.09. The molecule has 0 saturated carbocycles. The highest BCUT2D eigenvalue weighted by molar-refractivity contribution is 5.34. The van der Waals surface area contributed by atoms with Crippen molar-refractivity contribution in [3.05, 3.63) is 35.9 Å². The topological polar surface area (TPSA) is 12.0 Å². The summed E-state index contributed by atoms with van der Waals surface area (Å²) in [6.45, 7) is 1.12. The molecule has 13 heavy (non-hydrogen) atoms. The third-order valence-corrected chi connectivity index (χ3v) is 2.22. The van der Waals surface area contributed by atoms with Crippen molar-refractivity contribution in [2.24, 2.45) is 0 Å². The van der Waals surface area contributed by atoms with Crippen molar-refractivity contribution in [1.82, 2.24) is 5.32 Å². The Balaban J connectivity index is 2.03. The van der Waals surface area contributed by atoms with Crippen LogP contribution in [0.3, 0.4) is 0 Å². The van der Waals surface area contributed by atoms with Crippen LogP contribution in [0.15, 0.2) is 30.3 Å². The number of hydrogen-bond acceptors (Lipinski definition) is 1. The minimum Gasteiger partial charge on any atom is -0.304 e. The van der Waals surface area contributed by atoms with Crippen molar-refractivity contribution in [2.75, 3.05) is 6.54 Å². The lowest BCUT2D eigenvalue weighted by atomic mass is 10.2. The molecule has 0 amide bonds. The summed E-state index contributed by atoms with van der Waals surface area (Å²) >= 11 is 0. The van der Waals surface area contributed by atoms with Crippen LogP contribution in [0, 0.1) is 11.8 Å². The molecule has 66 valence electrons. The number of hydrogen-bond donors (Lipinski definition) is 1. The normalized spacial score (nSPS) is 20.8. The van der Waals surface area contributed by atoms with Crippen molar-refractivity contribution in [3.8, 4) is 11.8 Å². The van der Waals surface area contributed by atoms with E-state index >= 15 is 0 Å². The number of benzene rings is 1. The van der Waals surface area contributed by atoms with Gasteiger partial charge in [-0.1, -0.05) is 30.0 Å². The lowest BCUT2D eigenvalue weighted by molar-refractivity contribution is 0.749. The minimum atomic E-state index is 0.417. The highest BCUT2D eigenvalue weighted by Crippen LogP contribution is 2.03. The van der Waals surface area contributed by atoms with Crippen LogP contribution in [0.1, 0.15) is 18.4 Å². The maximum atomic E-state index is 3.35. The first-order valence-electron chi connectivity index (χ1n) is 4.75. The molecule has 0 aromatic heterocycles. The zero-order chi connectivity index (χ0) is 8.93. The second-order valence-corrected chi connectivity index (χ2v) is 3.28. The smallest absolute Gasteiger partial charge is 0.0693 e. The molecular weight excluding hydrogens is 158 g/mol. The highest BCUT2D eigenvalue weighted by atomic mass is 14.9. The third-order valence-electron chi connectivity index (χ3n) is 2.22. The van der Waals surface area contributed by atoms with Crippen LogP contribution in [0.2, 0.25) is 0 Å². The van der Waals surface area contributed by atoms with Crippen LogP contribution in [0.5, 0.6) is 0 Å². The van der Waals surface area contributed by atoms with Gasteiger partial charge in [0, 0.05) is 5.56 Å². The summed E-state index contributed by atoms with van der Waals surface area (Å²) in [6.07, 6.45) is 2.45. The predicted octanol–water partition coefficient (Wildman–Crippen LogP) is 1.79. The molecular formula is C12H13N. The van der Waals surface area contributed by atoms with E-state index in [1.54, 1.807) is 0 Å². The molecule has 1 unspecified atom stereocenters. The molecule has 1 nitrogen and oxygen atoms in total. The summed E-state index contributed by atoms with van der Waals surface area (Å²) in [4.78, 5) is 0.